The summed E-state index contributed by atoms with van der Waals surface area (Å²) < 4.78 is 6.65. The van der Waals surface area contributed by atoms with Crippen molar-refractivity contribution in [2.24, 2.45) is 12.8 Å². The Morgan fingerprint density at radius 3 is 2.66 bits per heavy atom. The number of aryl methyl sites for hydroxylation is 1. The smallest absolute Gasteiger partial charge is 0.328 e. The second-order valence-electron chi connectivity index (χ2n) is 6.75. The van der Waals surface area contributed by atoms with E-state index in [-0.39, 0.29) is 18.1 Å². The number of amides is 2. The van der Waals surface area contributed by atoms with Gasteiger partial charge in [0, 0.05) is 32.9 Å². The van der Waals surface area contributed by atoms with E-state index in [1.165, 1.54) is 18.9 Å². The highest BCUT2D eigenvalue weighted by Gasteiger charge is 2.35. The molecule has 29 heavy (non-hydrogen) atoms. The normalized spacial score (nSPS) is 15.7. The molecule has 0 bridgehead atoms. The Labute approximate surface area is 172 Å². The average Bonchev–Trinajstić information content (AvgIpc) is 3.08. The lowest BCUT2D eigenvalue weighted by Gasteiger charge is -2.35. The van der Waals surface area contributed by atoms with E-state index in [0.717, 1.165) is 11.1 Å². The van der Waals surface area contributed by atoms with E-state index in [9.17, 15) is 14.4 Å². The molecule has 1 atom stereocenters. The number of carbonyl (C=O) groups is 3. The number of hydrogen-bond donors (Lipinski definition) is 1. The molecule has 1 aromatic heterocycles. The van der Waals surface area contributed by atoms with Crippen LogP contribution in [0, 0.1) is 0 Å². The molecule has 0 saturated carbocycles. The van der Waals surface area contributed by atoms with Crippen molar-refractivity contribution in [2.75, 3.05) is 12.9 Å². The second kappa shape index (κ2) is 9.08. The standard InChI is InChI=1S/C19H23N5O4S/c1-23-16(8-7-15(20)25)21-22-19(23)29-11-17(26)24-10-13-6-4-3-5-12(13)9-14(24)18(27)28-2/h3-6,14H,7-11H2,1-2H3,(H2,20,25)/t14-/m1/s1. The lowest BCUT2D eigenvalue weighted by Crippen LogP contribution is -2.49. The minimum atomic E-state index is -0.645. The van der Waals surface area contributed by atoms with E-state index >= 15 is 0 Å². The van der Waals surface area contributed by atoms with Gasteiger partial charge >= 0.3 is 5.97 Å². The number of methoxy groups -OCH3 is 1. The number of rotatable bonds is 7. The van der Waals surface area contributed by atoms with Gasteiger partial charge in [-0.15, -0.1) is 10.2 Å². The molecule has 10 heteroatoms. The fourth-order valence-electron chi connectivity index (χ4n) is 3.26. The molecule has 1 aliphatic rings. The fourth-order valence-corrected chi connectivity index (χ4v) is 4.08. The summed E-state index contributed by atoms with van der Waals surface area (Å²) >= 11 is 1.24. The maximum Gasteiger partial charge on any atom is 0.328 e. The minimum absolute atomic E-state index is 0.109. The molecule has 0 unspecified atom stereocenters. The number of aromatic nitrogens is 3. The van der Waals surface area contributed by atoms with E-state index in [1.54, 1.807) is 16.5 Å². The molecule has 1 aromatic carbocycles. The maximum absolute atomic E-state index is 12.9. The van der Waals surface area contributed by atoms with Crippen molar-refractivity contribution < 1.29 is 19.1 Å². The highest BCUT2D eigenvalue weighted by atomic mass is 32.2. The number of nitrogens with zero attached hydrogens (tertiary/aromatic N) is 4. The zero-order chi connectivity index (χ0) is 21.0. The number of carbonyl (C=O) groups excluding carboxylic acids is 3. The Morgan fingerprint density at radius 1 is 1.24 bits per heavy atom. The SMILES string of the molecule is COC(=O)[C@H]1Cc2ccccc2CN1C(=O)CSc1nnc(CCC(N)=O)n1C. The Bertz CT molecular complexity index is 929. The van der Waals surface area contributed by atoms with Crippen molar-refractivity contribution in [1.29, 1.82) is 0 Å². The molecular weight excluding hydrogens is 394 g/mol. The minimum Gasteiger partial charge on any atom is -0.467 e. The van der Waals surface area contributed by atoms with Crippen LogP contribution < -0.4 is 5.73 Å². The van der Waals surface area contributed by atoms with Crippen molar-refractivity contribution >= 4 is 29.5 Å². The van der Waals surface area contributed by atoms with Crippen LogP contribution in [-0.4, -0.2) is 56.4 Å². The van der Waals surface area contributed by atoms with Gasteiger partial charge in [0.25, 0.3) is 0 Å². The molecule has 1 aliphatic heterocycles. The molecule has 0 radical (unpaired) electrons. The van der Waals surface area contributed by atoms with Crippen LogP contribution >= 0.6 is 11.8 Å². The van der Waals surface area contributed by atoms with E-state index in [0.29, 0.717) is 30.4 Å². The Hall–Kier alpha value is -2.88. The van der Waals surface area contributed by atoms with E-state index in [4.69, 9.17) is 10.5 Å². The quantitative estimate of drug-likeness (QED) is 0.513. The van der Waals surface area contributed by atoms with Crippen LogP contribution in [-0.2, 0) is 45.6 Å². The molecule has 0 fully saturated rings. The van der Waals surface area contributed by atoms with Gasteiger partial charge in [0.1, 0.15) is 11.9 Å². The van der Waals surface area contributed by atoms with Gasteiger partial charge in [0.15, 0.2) is 5.16 Å². The zero-order valence-corrected chi connectivity index (χ0v) is 17.1. The number of esters is 1. The maximum atomic E-state index is 12.9. The summed E-state index contributed by atoms with van der Waals surface area (Å²) in [7, 11) is 3.10. The van der Waals surface area contributed by atoms with Crippen LogP contribution in [0.15, 0.2) is 29.4 Å². The van der Waals surface area contributed by atoms with Crippen LogP contribution in [0.3, 0.4) is 0 Å². The first kappa shape index (κ1) is 20.8. The van der Waals surface area contributed by atoms with Crippen LogP contribution in [0.25, 0.3) is 0 Å². The predicted octanol–water partition coefficient (Wildman–Crippen LogP) is 0.452. The van der Waals surface area contributed by atoms with Gasteiger partial charge < -0.3 is 19.9 Å². The second-order valence-corrected chi connectivity index (χ2v) is 7.69. The van der Waals surface area contributed by atoms with Crippen molar-refractivity contribution in [1.82, 2.24) is 19.7 Å². The molecule has 2 aromatic rings. The third-order valence-corrected chi connectivity index (χ3v) is 5.89. The van der Waals surface area contributed by atoms with Crippen LogP contribution in [0.4, 0.5) is 0 Å². The topological polar surface area (TPSA) is 120 Å². The third kappa shape index (κ3) is 4.76. The first-order valence-corrected chi connectivity index (χ1v) is 10.1. The largest absolute Gasteiger partial charge is 0.467 e. The summed E-state index contributed by atoms with van der Waals surface area (Å²) in [6.07, 6.45) is 1.00. The number of primary amides is 1. The summed E-state index contributed by atoms with van der Waals surface area (Å²) in [6, 6.07) is 7.12. The van der Waals surface area contributed by atoms with Crippen LogP contribution in [0.2, 0.25) is 0 Å². The first-order chi connectivity index (χ1) is 13.9. The number of ether oxygens (including phenoxy) is 1. The number of thioether (sulfide) groups is 1. The summed E-state index contributed by atoms with van der Waals surface area (Å²) in [4.78, 5) is 37.7. The van der Waals surface area contributed by atoms with E-state index < -0.39 is 17.9 Å². The van der Waals surface area contributed by atoms with Crippen LogP contribution in [0.1, 0.15) is 23.4 Å². The molecule has 154 valence electrons. The molecular formula is C19H23N5O4S. The van der Waals surface area contributed by atoms with Crippen molar-refractivity contribution in [3.63, 3.8) is 0 Å². The Balaban J connectivity index is 1.69. The fraction of sp³-hybridized carbons (Fsp3) is 0.421. The molecule has 0 saturated heterocycles. The summed E-state index contributed by atoms with van der Waals surface area (Å²) in [5.74, 6) is -0.279. The number of hydrogen-bond acceptors (Lipinski definition) is 7. The lowest BCUT2D eigenvalue weighted by atomic mass is 9.94. The van der Waals surface area contributed by atoms with Crippen LogP contribution in [0.5, 0.6) is 0 Å². The predicted molar refractivity (Wildman–Crippen MR) is 106 cm³/mol. The van der Waals surface area contributed by atoms with Gasteiger partial charge in [-0.05, 0) is 11.1 Å². The Morgan fingerprint density at radius 2 is 1.97 bits per heavy atom. The van der Waals surface area contributed by atoms with E-state index in [1.807, 2.05) is 24.3 Å². The summed E-state index contributed by atoms with van der Waals surface area (Å²) in [5, 5.41) is 8.69. The molecule has 0 spiro atoms. The lowest BCUT2D eigenvalue weighted by molar-refractivity contribution is -0.153. The highest BCUT2D eigenvalue weighted by Crippen LogP contribution is 2.26. The summed E-state index contributed by atoms with van der Waals surface area (Å²) in [5.41, 5.74) is 7.25. The van der Waals surface area contributed by atoms with Crippen molar-refractivity contribution in [2.45, 2.75) is 37.0 Å². The van der Waals surface area contributed by atoms with Crippen molar-refractivity contribution in [3.8, 4) is 0 Å². The highest BCUT2D eigenvalue weighted by molar-refractivity contribution is 7.99. The zero-order valence-electron chi connectivity index (χ0n) is 16.3. The summed E-state index contributed by atoms with van der Waals surface area (Å²) in [6.45, 7) is 0.359. The molecule has 2 amide bonds. The van der Waals surface area contributed by atoms with Gasteiger partial charge in [-0.1, -0.05) is 36.0 Å². The molecule has 3 rings (SSSR count). The average molecular weight is 417 g/mol. The molecule has 2 heterocycles. The number of fused-ring (bicyclic) bond motifs is 1. The monoisotopic (exact) mass is 417 g/mol. The van der Waals surface area contributed by atoms with Gasteiger partial charge in [-0.2, -0.15) is 0 Å². The third-order valence-electron chi connectivity index (χ3n) is 4.89. The van der Waals surface area contributed by atoms with Gasteiger partial charge in [-0.3, -0.25) is 9.59 Å². The first-order valence-electron chi connectivity index (χ1n) is 9.14. The Kier molecular flexibility index (Phi) is 6.53. The van der Waals surface area contributed by atoms with E-state index in [2.05, 4.69) is 10.2 Å². The molecule has 2 N–H and O–H groups in total. The van der Waals surface area contributed by atoms with Crippen molar-refractivity contribution in [3.05, 3.63) is 41.2 Å². The number of nitrogens with two attached hydrogens (primary N) is 1. The van der Waals surface area contributed by atoms with Gasteiger partial charge in [-0.25, -0.2) is 4.79 Å². The van der Waals surface area contributed by atoms with Gasteiger partial charge in [0.05, 0.1) is 12.9 Å². The van der Waals surface area contributed by atoms with Gasteiger partial charge in [0.2, 0.25) is 11.8 Å². The molecule has 9 nitrogen and oxygen atoms in total. The number of benzene rings is 1. The molecule has 0 aliphatic carbocycles.